The molecule has 3 aromatic rings. The summed E-state index contributed by atoms with van der Waals surface area (Å²) in [7, 11) is -1.88. The van der Waals surface area contributed by atoms with E-state index in [-0.39, 0.29) is 15.9 Å². The number of amides is 1. The lowest BCUT2D eigenvalue weighted by atomic mass is 10.2. The van der Waals surface area contributed by atoms with Gasteiger partial charge in [0, 0.05) is 31.4 Å². The van der Waals surface area contributed by atoms with Gasteiger partial charge in [0.2, 0.25) is 0 Å². The van der Waals surface area contributed by atoms with Gasteiger partial charge < -0.3 is 10.2 Å². The predicted molar refractivity (Wildman–Crippen MR) is 118 cm³/mol. The monoisotopic (exact) mass is 447 g/mol. The normalized spacial score (nSPS) is 11.1. The molecule has 2 N–H and O–H groups in total. The van der Waals surface area contributed by atoms with Crippen LogP contribution in [0, 0.1) is 5.82 Å². The standard InChI is InChI=1S/C21H22FN3O3S2/c1-25(19-10-3-2-9-18(19)22)13-6-12-23-21(26)16-7-4-8-17(15-16)24-30(27,28)20-11-5-14-29-20/h2-5,7-11,14-15,24H,6,12-13H2,1H3,(H,23,26). The smallest absolute Gasteiger partial charge is 0.271 e. The highest BCUT2D eigenvalue weighted by Gasteiger charge is 2.16. The van der Waals surface area contributed by atoms with E-state index in [0.29, 0.717) is 36.4 Å². The van der Waals surface area contributed by atoms with Crippen LogP contribution in [0.4, 0.5) is 15.8 Å². The Morgan fingerprint density at radius 3 is 2.63 bits per heavy atom. The Morgan fingerprint density at radius 2 is 1.90 bits per heavy atom. The molecule has 9 heteroatoms. The molecule has 1 heterocycles. The first-order valence-electron chi connectivity index (χ1n) is 9.27. The summed E-state index contributed by atoms with van der Waals surface area (Å²) in [4.78, 5) is 14.2. The van der Waals surface area contributed by atoms with Gasteiger partial charge in [-0.25, -0.2) is 12.8 Å². The van der Waals surface area contributed by atoms with E-state index < -0.39 is 10.0 Å². The number of carbonyl (C=O) groups excluding carboxylic acids is 1. The Kier molecular flexibility index (Phi) is 7.07. The van der Waals surface area contributed by atoms with Gasteiger partial charge in [0.25, 0.3) is 15.9 Å². The molecule has 0 radical (unpaired) electrons. The zero-order valence-corrected chi connectivity index (χ0v) is 18.0. The first kappa shape index (κ1) is 21.8. The third-order valence-electron chi connectivity index (χ3n) is 4.36. The number of halogens is 1. The van der Waals surface area contributed by atoms with Crippen LogP contribution < -0.4 is 14.9 Å². The summed E-state index contributed by atoms with van der Waals surface area (Å²) < 4.78 is 41.1. The van der Waals surface area contributed by atoms with E-state index in [0.717, 1.165) is 11.3 Å². The molecule has 0 saturated carbocycles. The quantitative estimate of drug-likeness (QED) is 0.487. The van der Waals surface area contributed by atoms with Gasteiger partial charge in [-0.2, -0.15) is 0 Å². The van der Waals surface area contributed by atoms with Crippen molar-refractivity contribution in [3.63, 3.8) is 0 Å². The van der Waals surface area contributed by atoms with Crippen LogP contribution in [-0.2, 0) is 10.0 Å². The van der Waals surface area contributed by atoms with Crippen molar-refractivity contribution < 1.29 is 17.6 Å². The largest absolute Gasteiger partial charge is 0.372 e. The highest BCUT2D eigenvalue weighted by atomic mass is 32.2. The van der Waals surface area contributed by atoms with Crippen molar-refractivity contribution in [1.82, 2.24) is 5.32 Å². The maximum atomic E-state index is 13.8. The minimum Gasteiger partial charge on any atom is -0.372 e. The number of thiophene rings is 1. The first-order valence-corrected chi connectivity index (χ1v) is 11.6. The molecule has 0 aliphatic rings. The van der Waals surface area contributed by atoms with Crippen molar-refractivity contribution >= 4 is 38.6 Å². The summed E-state index contributed by atoms with van der Waals surface area (Å²) in [5.74, 6) is -0.591. The van der Waals surface area contributed by atoms with Crippen molar-refractivity contribution in [2.24, 2.45) is 0 Å². The van der Waals surface area contributed by atoms with E-state index in [1.165, 1.54) is 18.2 Å². The predicted octanol–water partition coefficient (Wildman–Crippen LogP) is 3.94. The Hall–Kier alpha value is -2.91. The lowest BCUT2D eigenvalue weighted by molar-refractivity contribution is 0.0953. The Labute approximate surface area is 179 Å². The second kappa shape index (κ2) is 9.73. The molecule has 0 unspecified atom stereocenters. The molecular weight excluding hydrogens is 425 g/mol. The van der Waals surface area contributed by atoms with Gasteiger partial charge in [-0.1, -0.05) is 24.3 Å². The second-order valence-corrected chi connectivity index (χ2v) is 9.46. The molecule has 0 aliphatic heterocycles. The van der Waals surface area contributed by atoms with Crippen LogP contribution in [0.15, 0.2) is 70.3 Å². The van der Waals surface area contributed by atoms with Gasteiger partial charge in [0.05, 0.1) is 5.69 Å². The summed E-state index contributed by atoms with van der Waals surface area (Å²) in [5.41, 5.74) is 1.17. The lowest BCUT2D eigenvalue weighted by Crippen LogP contribution is -2.28. The van der Waals surface area contributed by atoms with Crippen LogP contribution in [0.5, 0.6) is 0 Å². The third-order valence-corrected chi connectivity index (χ3v) is 7.14. The second-order valence-electron chi connectivity index (χ2n) is 6.60. The molecule has 0 aliphatic carbocycles. The SMILES string of the molecule is CN(CCCNC(=O)c1cccc(NS(=O)(=O)c2cccs2)c1)c1ccccc1F. The van der Waals surface area contributed by atoms with E-state index in [9.17, 15) is 17.6 Å². The van der Waals surface area contributed by atoms with Crippen LogP contribution in [0.3, 0.4) is 0 Å². The van der Waals surface area contributed by atoms with Gasteiger partial charge in [-0.3, -0.25) is 9.52 Å². The zero-order chi connectivity index (χ0) is 21.6. The molecule has 0 bridgehead atoms. The summed E-state index contributed by atoms with van der Waals surface area (Å²) in [6.45, 7) is 0.977. The van der Waals surface area contributed by atoms with Crippen LogP contribution in [0.1, 0.15) is 16.8 Å². The van der Waals surface area contributed by atoms with Crippen LogP contribution in [0.2, 0.25) is 0 Å². The molecule has 0 saturated heterocycles. The summed E-state index contributed by atoms with van der Waals surface area (Å²) in [6, 6.07) is 16.0. The molecule has 2 aromatic carbocycles. The number of rotatable bonds is 9. The molecule has 1 aromatic heterocycles. The molecule has 0 spiro atoms. The zero-order valence-electron chi connectivity index (χ0n) is 16.3. The van der Waals surface area contributed by atoms with Gasteiger partial charge in [0.1, 0.15) is 10.0 Å². The first-order chi connectivity index (χ1) is 14.4. The minimum atomic E-state index is -3.67. The molecule has 158 valence electrons. The maximum Gasteiger partial charge on any atom is 0.271 e. The summed E-state index contributed by atoms with van der Waals surface area (Å²) in [6.07, 6.45) is 0.626. The van der Waals surface area contributed by atoms with Gasteiger partial charge in [-0.15, -0.1) is 11.3 Å². The van der Waals surface area contributed by atoms with Gasteiger partial charge >= 0.3 is 0 Å². The summed E-state index contributed by atoms with van der Waals surface area (Å²) in [5, 5.41) is 4.49. The topological polar surface area (TPSA) is 78.5 Å². The highest BCUT2D eigenvalue weighted by molar-refractivity contribution is 7.94. The van der Waals surface area contributed by atoms with Crippen LogP contribution >= 0.6 is 11.3 Å². The Balaban J connectivity index is 1.52. The fourth-order valence-corrected chi connectivity index (χ4v) is 4.89. The van der Waals surface area contributed by atoms with Crippen LogP contribution in [-0.4, -0.2) is 34.5 Å². The minimum absolute atomic E-state index is 0.205. The van der Waals surface area contributed by atoms with Crippen molar-refractivity contribution in [3.8, 4) is 0 Å². The van der Waals surface area contributed by atoms with Crippen molar-refractivity contribution in [1.29, 1.82) is 0 Å². The van der Waals surface area contributed by atoms with E-state index in [1.807, 2.05) is 0 Å². The van der Waals surface area contributed by atoms with Crippen LogP contribution in [0.25, 0.3) is 0 Å². The van der Waals surface area contributed by atoms with Gasteiger partial charge in [0.15, 0.2) is 0 Å². The fraction of sp³-hybridized carbons (Fsp3) is 0.190. The van der Waals surface area contributed by atoms with E-state index in [1.54, 1.807) is 59.8 Å². The number of carbonyl (C=O) groups is 1. The molecular formula is C21H22FN3O3S2. The van der Waals surface area contributed by atoms with Crippen molar-refractivity contribution in [3.05, 3.63) is 77.4 Å². The number of hydrogen-bond donors (Lipinski definition) is 2. The number of anilines is 2. The molecule has 6 nitrogen and oxygen atoms in total. The average molecular weight is 448 g/mol. The number of nitrogens with one attached hydrogen (secondary N) is 2. The van der Waals surface area contributed by atoms with Crippen molar-refractivity contribution in [2.45, 2.75) is 10.6 Å². The molecule has 1 amide bonds. The number of benzene rings is 2. The summed E-state index contributed by atoms with van der Waals surface area (Å²) >= 11 is 1.12. The Morgan fingerprint density at radius 1 is 1.10 bits per heavy atom. The average Bonchev–Trinajstić information content (AvgIpc) is 3.27. The van der Waals surface area contributed by atoms with Gasteiger partial charge in [-0.05, 0) is 48.2 Å². The fourth-order valence-electron chi connectivity index (χ4n) is 2.85. The third kappa shape index (κ3) is 5.58. The highest BCUT2D eigenvalue weighted by Crippen LogP contribution is 2.21. The maximum absolute atomic E-state index is 13.8. The van der Waals surface area contributed by atoms with E-state index in [4.69, 9.17) is 0 Å². The van der Waals surface area contributed by atoms with Crippen molar-refractivity contribution in [2.75, 3.05) is 29.8 Å². The number of para-hydroxylation sites is 1. The van der Waals surface area contributed by atoms with E-state index in [2.05, 4.69) is 10.0 Å². The molecule has 3 rings (SSSR count). The van der Waals surface area contributed by atoms with E-state index >= 15 is 0 Å². The molecule has 0 fully saturated rings. The number of sulfonamides is 1. The molecule has 0 atom stereocenters. The number of hydrogen-bond acceptors (Lipinski definition) is 5. The Bertz CT molecular complexity index is 1100. The lowest BCUT2D eigenvalue weighted by Gasteiger charge is -2.19. The number of nitrogens with zero attached hydrogens (tertiary/aromatic N) is 1. The molecule has 30 heavy (non-hydrogen) atoms.